The van der Waals surface area contributed by atoms with E-state index in [1.807, 2.05) is 0 Å². The van der Waals surface area contributed by atoms with Crippen LogP contribution in [0.1, 0.15) is 59.3 Å². The average Bonchev–Trinajstić information content (AvgIpc) is 2.41. The molecule has 3 atom stereocenters. The number of unbranched alkanes of at least 4 members (excludes halogenated alkanes) is 4. The van der Waals surface area contributed by atoms with Crippen LogP contribution < -0.4 is 5.73 Å². The molecular formula is C16H29N3Si. The quantitative estimate of drug-likeness (QED) is 0.579. The third kappa shape index (κ3) is 2.68. The molecule has 4 heteroatoms. The Bertz CT molecular complexity index is 423. The van der Waals surface area contributed by atoms with Gasteiger partial charge >= 0.3 is 0 Å². The fourth-order valence-corrected chi connectivity index (χ4v) is 5.29. The van der Waals surface area contributed by atoms with Crippen molar-refractivity contribution in [3.05, 3.63) is 0 Å². The zero-order valence-electron chi connectivity index (χ0n) is 13.3. The first kappa shape index (κ1) is 15.7. The highest BCUT2D eigenvalue weighted by Gasteiger charge is 2.51. The first-order valence-corrected chi connectivity index (χ1v) is 9.27. The SMILES string of the molecule is CCCCCCCN1C(N)=NCC(C)C12[Si]#CC2CC. The Labute approximate surface area is 126 Å². The molecule has 0 aromatic heterocycles. The van der Waals surface area contributed by atoms with Crippen LogP contribution in [0.5, 0.6) is 0 Å². The molecule has 0 saturated carbocycles. The minimum Gasteiger partial charge on any atom is -0.370 e. The molecule has 2 aliphatic rings. The van der Waals surface area contributed by atoms with E-state index in [1.54, 1.807) is 0 Å². The van der Waals surface area contributed by atoms with Crippen molar-refractivity contribution in [1.29, 1.82) is 0 Å². The first-order valence-electron chi connectivity index (χ1n) is 8.27. The molecule has 0 aliphatic carbocycles. The summed E-state index contributed by atoms with van der Waals surface area (Å²) in [6.45, 7) is 8.85. The van der Waals surface area contributed by atoms with E-state index < -0.39 is 0 Å². The van der Waals surface area contributed by atoms with Crippen LogP contribution in [0.3, 0.4) is 0 Å². The van der Waals surface area contributed by atoms with Gasteiger partial charge in [-0.05, 0) is 12.8 Å². The average molecular weight is 292 g/mol. The molecule has 3 nitrogen and oxygen atoms in total. The molecule has 2 N–H and O–H groups in total. The highest BCUT2D eigenvalue weighted by Crippen LogP contribution is 2.39. The summed E-state index contributed by atoms with van der Waals surface area (Å²) in [5.41, 5.74) is 9.86. The van der Waals surface area contributed by atoms with Crippen LogP contribution in [0.4, 0.5) is 0 Å². The second kappa shape index (κ2) is 6.82. The van der Waals surface area contributed by atoms with Gasteiger partial charge in [-0.2, -0.15) is 0 Å². The first-order chi connectivity index (χ1) is 9.66. The Balaban J connectivity index is 2.02. The molecule has 2 rings (SSSR count). The van der Waals surface area contributed by atoms with Gasteiger partial charge in [0.05, 0.1) is 5.16 Å². The zero-order valence-corrected chi connectivity index (χ0v) is 14.3. The van der Waals surface area contributed by atoms with Crippen molar-refractivity contribution in [2.24, 2.45) is 22.6 Å². The third-order valence-corrected chi connectivity index (χ3v) is 6.88. The van der Waals surface area contributed by atoms with Crippen molar-refractivity contribution in [2.75, 3.05) is 13.1 Å². The molecule has 0 bridgehead atoms. The number of aliphatic imine (C=N–C) groups is 1. The summed E-state index contributed by atoms with van der Waals surface area (Å²) >= 11 is 0. The Hall–Kier alpha value is -0.733. The molecule has 0 amide bonds. The number of nitrogens with two attached hydrogens (primary N) is 1. The lowest BCUT2D eigenvalue weighted by Crippen LogP contribution is -2.69. The zero-order chi connectivity index (χ0) is 14.6. The van der Waals surface area contributed by atoms with E-state index in [4.69, 9.17) is 5.73 Å². The molecular weight excluding hydrogens is 262 g/mol. The van der Waals surface area contributed by atoms with Crippen LogP contribution >= 0.6 is 0 Å². The lowest BCUT2D eigenvalue weighted by atomic mass is 9.84. The Kier molecular flexibility index (Phi) is 5.33. The summed E-state index contributed by atoms with van der Waals surface area (Å²) in [7, 11) is 0.802. The van der Waals surface area contributed by atoms with E-state index in [1.165, 1.54) is 38.5 Å². The van der Waals surface area contributed by atoms with Crippen LogP contribution in [0, 0.1) is 17.3 Å². The van der Waals surface area contributed by atoms with E-state index in [2.05, 4.69) is 36.2 Å². The van der Waals surface area contributed by atoms with Gasteiger partial charge < -0.3 is 10.6 Å². The number of hydrogen-bond acceptors (Lipinski definition) is 3. The molecule has 2 heterocycles. The fraction of sp³-hybridized carbons (Fsp3) is 0.875. The number of nitrogens with zero attached hydrogens (tertiary/aromatic N) is 2. The molecule has 0 radical (unpaired) electrons. The van der Waals surface area contributed by atoms with Crippen LogP contribution in [-0.4, -0.2) is 38.1 Å². The van der Waals surface area contributed by atoms with Gasteiger partial charge in [0.1, 0.15) is 0 Å². The van der Waals surface area contributed by atoms with Crippen molar-refractivity contribution in [3.63, 3.8) is 0 Å². The summed E-state index contributed by atoms with van der Waals surface area (Å²) in [5.74, 6) is 1.97. The molecule has 3 unspecified atom stereocenters. The number of hydrogen-bond donors (Lipinski definition) is 1. The van der Waals surface area contributed by atoms with Crippen LogP contribution in [-0.2, 0) is 0 Å². The molecule has 0 saturated heterocycles. The largest absolute Gasteiger partial charge is 0.370 e. The molecule has 1 spiro atoms. The van der Waals surface area contributed by atoms with Gasteiger partial charge in [-0.1, -0.05) is 46.5 Å². The van der Waals surface area contributed by atoms with Gasteiger partial charge in [0.25, 0.3) is 0 Å². The Morgan fingerprint density at radius 2 is 2.10 bits per heavy atom. The van der Waals surface area contributed by atoms with Crippen molar-refractivity contribution < 1.29 is 0 Å². The maximum Gasteiger partial charge on any atom is 0.192 e. The van der Waals surface area contributed by atoms with Gasteiger partial charge in [-0.15, -0.1) is 5.50 Å². The van der Waals surface area contributed by atoms with E-state index in [0.717, 1.165) is 28.0 Å². The summed E-state index contributed by atoms with van der Waals surface area (Å²) < 4.78 is 0. The van der Waals surface area contributed by atoms with Gasteiger partial charge in [-0.25, -0.2) is 0 Å². The summed E-state index contributed by atoms with van der Waals surface area (Å²) in [4.78, 5) is 6.99. The standard InChI is InChI=1S/C16H29N3Si/c1-4-6-7-8-9-10-19-15(17)18-11-13(3)16(19)14(5-2)12-20-16/h13-14H,4-11H2,1-3H3,(H2,17,18). The molecule has 0 aromatic carbocycles. The third-order valence-electron chi connectivity index (χ3n) is 4.87. The summed E-state index contributed by atoms with van der Waals surface area (Å²) in [6, 6.07) is 0. The predicted octanol–water partition coefficient (Wildman–Crippen LogP) is 2.62. The van der Waals surface area contributed by atoms with Crippen LogP contribution in [0.2, 0.25) is 0 Å². The van der Waals surface area contributed by atoms with Crippen molar-refractivity contribution >= 4 is 14.9 Å². The maximum atomic E-state index is 6.24. The number of rotatable bonds is 7. The lowest BCUT2D eigenvalue weighted by Gasteiger charge is -2.54. The van der Waals surface area contributed by atoms with E-state index in [9.17, 15) is 0 Å². The molecule has 2 aliphatic heterocycles. The van der Waals surface area contributed by atoms with Gasteiger partial charge in [0, 0.05) is 33.9 Å². The maximum absolute atomic E-state index is 6.24. The monoisotopic (exact) mass is 291 g/mol. The van der Waals surface area contributed by atoms with Crippen molar-refractivity contribution in [1.82, 2.24) is 4.90 Å². The van der Waals surface area contributed by atoms with Gasteiger partial charge in [-0.3, -0.25) is 4.99 Å². The predicted molar refractivity (Wildman–Crippen MR) is 87.3 cm³/mol. The summed E-state index contributed by atoms with van der Waals surface area (Å²) in [6.07, 6.45) is 7.74. The number of guanidine groups is 1. The van der Waals surface area contributed by atoms with E-state index in [0.29, 0.717) is 11.8 Å². The lowest BCUT2D eigenvalue weighted by molar-refractivity contribution is 0.121. The molecule has 0 aromatic rings. The van der Waals surface area contributed by atoms with Gasteiger partial charge in [0.15, 0.2) is 5.96 Å². The fourth-order valence-electron chi connectivity index (χ4n) is 3.54. The van der Waals surface area contributed by atoms with E-state index in [-0.39, 0.29) is 5.16 Å². The van der Waals surface area contributed by atoms with Crippen LogP contribution in [0.15, 0.2) is 4.99 Å². The Morgan fingerprint density at radius 1 is 1.35 bits per heavy atom. The molecule has 0 fully saturated rings. The second-order valence-corrected chi connectivity index (χ2v) is 7.56. The second-order valence-electron chi connectivity index (χ2n) is 6.22. The van der Waals surface area contributed by atoms with Crippen molar-refractivity contribution in [3.8, 4) is 5.50 Å². The van der Waals surface area contributed by atoms with E-state index >= 15 is 0 Å². The van der Waals surface area contributed by atoms with Crippen molar-refractivity contribution in [2.45, 2.75) is 64.5 Å². The normalized spacial score (nSPS) is 31.6. The molecule has 112 valence electrons. The summed E-state index contributed by atoms with van der Waals surface area (Å²) in [5, 5.41) is 0.255. The molecule has 20 heavy (non-hydrogen) atoms. The highest BCUT2D eigenvalue weighted by molar-refractivity contribution is 6.34. The highest BCUT2D eigenvalue weighted by atomic mass is 28.2. The topological polar surface area (TPSA) is 41.6 Å². The van der Waals surface area contributed by atoms with Gasteiger partial charge in [0.2, 0.25) is 0 Å². The minimum absolute atomic E-state index is 0.255. The minimum atomic E-state index is 0.255. The van der Waals surface area contributed by atoms with Crippen LogP contribution in [0.25, 0.3) is 0 Å². The smallest absolute Gasteiger partial charge is 0.192 e. The Morgan fingerprint density at radius 3 is 2.70 bits per heavy atom.